The first-order valence-electron chi connectivity index (χ1n) is 5.91. The van der Waals surface area contributed by atoms with Gasteiger partial charge in [-0.2, -0.15) is 10.5 Å². The Morgan fingerprint density at radius 3 is 2.44 bits per heavy atom. The molecule has 0 aromatic carbocycles. The number of aromatic nitrogens is 1. The molecule has 0 saturated heterocycles. The summed E-state index contributed by atoms with van der Waals surface area (Å²) in [5, 5.41) is 20.7. The third kappa shape index (κ3) is 3.73. The van der Waals surface area contributed by atoms with E-state index in [1.165, 1.54) is 0 Å². The second kappa shape index (κ2) is 7.26. The maximum Gasteiger partial charge on any atom is 0.130 e. The third-order valence-corrected chi connectivity index (χ3v) is 2.63. The summed E-state index contributed by atoms with van der Waals surface area (Å²) < 4.78 is 0. The van der Waals surface area contributed by atoms with Gasteiger partial charge >= 0.3 is 0 Å². The van der Waals surface area contributed by atoms with Crippen molar-refractivity contribution in [2.45, 2.75) is 19.9 Å². The highest BCUT2D eigenvalue weighted by molar-refractivity contribution is 5.42. The minimum Gasteiger partial charge on any atom is -0.330 e. The first-order chi connectivity index (χ1) is 8.72. The Morgan fingerprint density at radius 1 is 1.33 bits per heavy atom. The topological polar surface area (TPSA) is 75.7 Å². The molecule has 0 bridgehead atoms. The monoisotopic (exact) mass is 243 g/mol. The van der Waals surface area contributed by atoms with Crippen LogP contribution in [-0.4, -0.2) is 24.6 Å². The van der Waals surface area contributed by atoms with E-state index in [0.717, 1.165) is 12.1 Å². The molecular formula is C13H17N5. The van der Waals surface area contributed by atoms with E-state index in [4.69, 9.17) is 10.5 Å². The first-order valence-corrected chi connectivity index (χ1v) is 5.91. The van der Waals surface area contributed by atoms with E-state index in [2.05, 4.69) is 24.1 Å². The highest BCUT2D eigenvalue weighted by Crippen LogP contribution is 2.15. The Labute approximate surface area is 108 Å². The number of pyridine rings is 1. The zero-order valence-corrected chi connectivity index (χ0v) is 10.7. The summed E-state index contributed by atoms with van der Waals surface area (Å²) in [7, 11) is 0. The van der Waals surface area contributed by atoms with Crippen molar-refractivity contribution in [2.24, 2.45) is 0 Å². The number of rotatable bonds is 6. The normalized spacial score (nSPS) is 11.3. The Morgan fingerprint density at radius 2 is 2.00 bits per heavy atom. The van der Waals surface area contributed by atoms with Crippen LogP contribution in [0, 0.1) is 22.7 Å². The molecule has 1 aromatic heterocycles. The second-order valence-electron chi connectivity index (χ2n) is 3.90. The van der Waals surface area contributed by atoms with Crippen LogP contribution in [0.2, 0.25) is 0 Å². The lowest BCUT2D eigenvalue weighted by atomic mass is 10.1. The van der Waals surface area contributed by atoms with Gasteiger partial charge in [0.25, 0.3) is 0 Å². The van der Waals surface area contributed by atoms with Gasteiger partial charge in [0.05, 0.1) is 12.1 Å². The van der Waals surface area contributed by atoms with Crippen molar-refractivity contribution in [3.8, 4) is 12.1 Å². The number of hydrogen-bond acceptors (Lipinski definition) is 5. The molecule has 18 heavy (non-hydrogen) atoms. The SMILES string of the molecule is CCNC(C)c1ccc(N(CC#N)CC#N)nc1. The molecule has 0 saturated carbocycles. The van der Waals surface area contributed by atoms with Crippen LogP contribution < -0.4 is 10.2 Å². The van der Waals surface area contributed by atoms with Gasteiger partial charge in [0.1, 0.15) is 18.9 Å². The summed E-state index contributed by atoms with van der Waals surface area (Å²) in [6.45, 7) is 5.37. The fraction of sp³-hybridized carbons (Fsp3) is 0.462. The highest BCUT2D eigenvalue weighted by atomic mass is 15.2. The molecule has 1 atom stereocenters. The third-order valence-electron chi connectivity index (χ3n) is 2.63. The summed E-state index contributed by atoms with van der Waals surface area (Å²) in [5.41, 5.74) is 1.09. The molecule has 1 aromatic rings. The Hall–Kier alpha value is -2.11. The Balaban J connectivity index is 2.81. The molecule has 0 amide bonds. The lowest BCUT2D eigenvalue weighted by Crippen LogP contribution is -2.25. The van der Waals surface area contributed by atoms with Crippen molar-refractivity contribution in [3.05, 3.63) is 23.9 Å². The van der Waals surface area contributed by atoms with Crippen molar-refractivity contribution >= 4 is 5.82 Å². The molecule has 94 valence electrons. The smallest absolute Gasteiger partial charge is 0.130 e. The zero-order chi connectivity index (χ0) is 13.4. The Bertz CT molecular complexity index is 424. The number of hydrogen-bond donors (Lipinski definition) is 1. The van der Waals surface area contributed by atoms with Crippen molar-refractivity contribution in [2.75, 3.05) is 24.5 Å². The summed E-state index contributed by atoms with van der Waals surface area (Å²) >= 11 is 0. The number of anilines is 1. The summed E-state index contributed by atoms with van der Waals surface area (Å²) in [5.74, 6) is 0.658. The standard InChI is InChI=1S/C13H17N5/c1-3-16-11(2)12-4-5-13(17-10-12)18(8-6-14)9-7-15/h4-5,10-11,16H,3,8-9H2,1-2H3. The molecule has 1 heterocycles. The second-order valence-corrected chi connectivity index (χ2v) is 3.90. The van der Waals surface area contributed by atoms with Gasteiger partial charge in [-0.15, -0.1) is 0 Å². The van der Waals surface area contributed by atoms with E-state index >= 15 is 0 Å². The van der Waals surface area contributed by atoms with Gasteiger partial charge in [-0.3, -0.25) is 0 Å². The molecule has 0 spiro atoms. The van der Waals surface area contributed by atoms with Gasteiger partial charge in [0.2, 0.25) is 0 Å². The average Bonchev–Trinajstić information content (AvgIpc) is 2.39. The summed E-state index contributed by atoms with van der Waals surface area (Å²) in [6, 6.07) is 8.12. The largest absolute Gasteiger partial charge is 0.330 e. The predicted molar refractivity (Wildman–Crippen MR) is 69.8 cm³/mol. The van der Waals surface area contributed by atoms with Gasteiger partial charge in [-0.1, -0.05) is 13.0 Å². The molecule has 5 heteroatoms. The van der Waals surface area contributed by atoms with Gasteiger partial charge < -0.3 is 10.2 Å². The first kappa shape index (κ1) is 14.0. The molecule has 1 N–H and O–H groups in total. The minimum atomic E-state index is 0.169. The van der Waals surface area contributed by atoms with Crippen LogP contribution in [0.5, 0.6) is 0 Å². The predicted octanol–water partition coefficient (Wildman–Crippen LogP) is 1.61. The van der Waals surface area contributed by atoms with Crippen LogP contribution >= 0.6 is 0 Å². The van der Waals surface area contributed by atoms with Gasteiger partial charge in [-0.25, -0.2) is 4.98 Å². The van der Waals surface area contributed by atoms with Crippen LogP contribution in [0.3, 0.4) is 0 Å². The van der Waals surface area contributed by atoms with Gasteiger partial charge in [0.15, 0.2) is 0 Å². The van der Waals surface area contributed by atoms with Crippen molar-refractivity contribution in [1.82, 2.24) is 10.3 Å². The van der Waals surface area contributed by atoms with Crippen LogP contribution in [0.15, 0.2) is 18.3 Å². The van der Waals surface area contributed by atoms with Crippen LogP contribution in [0.25, 0.3) is 0 Å². The van der Waals surface area contributed by atoms with E-state index in [1.807, 2.05) is 24.3 Å². The molecule has 0 radical (unpaired) electrons. The van der Waals surface area contributed by atoms with E-state index < -0.39 is 0 Å². The lowest BCUT2D eigenvalue weighted by molar-refractivity contribution is 0.596. The fourth-order valence-electron chi connectivity index (χ4n) is 1.65. The number of nitrogens with zero attached hydrogens (tertiary/aromatic N) is 4. The quantitative estimate of drug-likeness (QED) is 0.768. The lowest BCUT2D eigenvalue weighted by Gasteiger charge is -2.18. The van der Waals surface area contributed by atoms with Crippen LogP contribution in [0.4, 0.5) is 5.82 Å². The average molecular weight is 243 g/mol. The molecule has 0 aliphatic rings. The van der Waals surface area contributed by atoms with Gasteiger partial charge in [0, 0.05) is 12.2 Å². The molecular weight excluding hydrogens is 226 g/mol. The highest BCUT2D eigenvalue weighted by Gasteiger charge is 2.08. The van der Waals surface area contributed by atoms with Crippen LogP contribution in [0.1, 0.15) is 25.5 Å². The Kier molecular flexibility index (Phi) is 5.63. The zero-order valence-electron chi connectivity index (χ0n) is 10.7. The summed E-state index contributed by atoms with van der Waals surface area (Å²) in [6.07, 6.45) is 1.78. The van der Waals surface area contributed by atoms with E-state index in [9.17, 15) is 0 Å². The van der Waals surface area contributed by atoms with E-state index in [1.54, 1.807) is 11.1 Å². The number of nitriles is 2. The molecule has 0 aliphatic carbocycles. The molecule has 0 fully saturated rings. The van der Waals surface area contributed by atoms with E-state index in [-0.39, 0.29) is 19.1 Å². The number of nitrogens with one attached hydrogen (secondary N) is 1. The maximum atomic E-state index is 8.70. The fourth-order valence-corrected chi connectivity index (χ4v) is 1.65. The molecule has 0 aliphatic heterocycles. The van der Waals surface area contributed by atoms with Gasteiger partial charge in [-0.05, 0) is 25.1 Å². The minimum absolute atomic E-state index is 0.169. The molecule has 1 rings (SSSR count). The van der Waals surface area contributed by atoms with Crippen molar-refractivity contribution < 1.29 is 0 Å². The van der Waals surface area contributed by atoms with Crippen LogP contribution in [-0.2, 0) is 0 Å². The van der Waals surface area contributed by atoms with Crippen molar-refractivity contribution in [1.29, 1.82) is 10.5 Å². The maximum absolute atomic E-state index is 8.70. The molecule has 1 unspecified atom stereocenters. The van der Waals surface area contributed by atoms with Crippen molar-refractivity contribution in [3.63, 3.8) is 0 Å². The van der Waals surface area contributed by atoms with E-state index in [0.29, 0.717) is 5.82 Å². The summed E-state index contributed by atoms with van der Waals surface area (Å²) in [4.78, 5) is 5.94. The molecule has 5 nitrogen and oxygen atoms in total.